The number of hydrogen-bond acceptors (Lipinski definition) is 3. The Kier molecular flexibility index (Phi) is 4.16. The Bertz CT molecular complexity index is 968. The Morgan fingerprint density at radius 2 is 1.65 bits per heavy atom. The molecule has 6 heteroatoms. The van der Waals surface area contributed by atoms with Gasteiger partial charge in [0.25, 0.3) is 10.0 Å². The van der Waals surface area contributed by atoms with Crippen molar-refractivity contribution in [1.29, 1.82) is 0 Å². The third kappa shape index (κ3) is 3.12. The van der Waals surface area contributed by atoms with E-state index in [9.17, 15) is 8.42 Å². The van der Waals surface area contributed by atoms with Crippen molar-refractivity contribution in [3.63, 3.8) is 0 Å². The van der Waals surface area contributed by atoms with E-state index in [1.165, 1.54) is 12.1 Å². The third-order valence-electron chi connectivity index (χ3n) is 3.54. The van der Waals surface area contributed by atoms with E-state index in [1.54, 1.807) is 24.3 Å². The van der Waals surface area contributed by atoms with Gasteiger partial charge in [-0.3, -0.25) is 0 Å². The number of sulfonamides is 1. The number of aryl methyl sites for hydroxylation is 1. The van der Waals surface area contributed by atoms with Crippen molar-refractivity contribution in [2.75, 3.05) is 0 Å². The molecule has 23 heavy (non-hydrogen) atoms. The van der Waals surface area contributed by atoms with Crippen LogP contribution in [-0.4, -0.2) is 8.42 Å². The maximum atomic E-state index is 12.2. The van der Waals surface area contributed by atoms with E-state index in [1.807, 2.05) is 37.4 Å². The molecule has 0 saturated carbocycles. The first-order valence-corrected chi connectivity index (χ1v) is 8.70. The quantitative estimate of drug-likeness (QED) is 0.543. The molecule has 3 rings (SSSR count). The fourth-order valence-corrected chi connectivity index (χ4v) is 3.16. The van der Waals surface area contributed by atoms with Gasteiger partial charge in [-0.2, -0.15) is 13.0 Å². The number of pyridine rings is 1. The molecule has 0 saturated heterocycles. The number of fused-ring (bicyclic) bond motifs is 1. The molecular weight excluding hydrogens is 310 g/mol. The standard InChI is InChI=1S/C17H16N3O2S/c1-2-20-13-12-16(15-10-6-7-11-17(15)20)18-19-23(21,22)14-8-4-3-5-9-14/h3-13H,2H2,1H3/q+1. The molecule has 116 valence electrons. The Morgan fingerprint density at radius 3 is 2.39 bits per heavy atom. The molecule has 0 radical (unpaired) electrons. The summed E-state index contributed by atoms with van der Waals surface area (Å²) in [6.45, 7) is 2.87. The molecule has 0 atom stereocenters. The third-order valence-corrected chi connectivity index (χ3v) is 4.70. The summed E-state index contributed by atoms with van der Waals surface area (Å²) in [6, 6.07) is 17.6. The largest absolute Gasteiger partial charge is 0.299 e. The molecule has 0 aliphatic heterocycles. The van der Waals surface area contributed by atoms with Crippen LogP contribution < -0.4 is 4.57 Å². The molecule has 0 spiro atoms. The number of para-hydroxylation sites is 1. The molecule has 0 N–H and O–H groups in total. The molecule has 1 heterocycles. The van der Waals surface area contributed by atoms with E-state index >= 15 is 0 Å². The van der Waals surface area contributed by atoms with E-state index in [-0.39, 0.29) is 4.90 Å². The van der Waals surface area contributed by atoms with Crippen LogP contribution in [0, 0.1) is 0 Å². The lowest BCUT2D eigenvalue weighted by Gasteiger charge is -2.01. The van der Waals surface area contributed by atoms with Gasteiger partial charge < -0.3 is 0 Å². The minimum absolute atomic E-state index is 0.132. The lowest BCUT2D eigenvalue weighted by atomic mass is 10.2. The Labute approximate surface area is 135 Å². The van der Waals surface area contributed by atoms with E-state index in [2.05, 4.69) is 14.2 Å². The zero-order valence-corrected chi connectivity index (χ0v) is 13.4. The lowest BCUT2D eigenvalue weighted by molar-refractivity contribution is -0.667. The fourth-order valence-electron chi connectivity index (χ4n) is 2.37. The van der Waals surface area contributed by atoms with E-state index in [0.29, 0.717) is 5.69 Å². The number of rotatable bonds is 4. The predicted molar refractivity (Wildman–Crippen MR) is 88.0 cm³/mol. The highest BCUT2D eigenvalue weighted by Crippen LogP contribution is 2.24. The average molecular weight is 326 g/mol. The van der Waals surface area contributed by atoms with Crippen LogP contribution in [0.15, 0.2) is 81.4 Å². The molecule has 0 amide bonds. The summed E-state index contributed by atoms with van der Waals surface area (Å²) in [6.07, 6.45) is 1.88. The van der Waals surface area contributed by atoms with Gasteiger partial charge >= 0.3 is 0 Å². The summed E-state index contributed by atoms with van der Waals surface area (Å²) in [5.74, 6) is 0. The van der Waals surface area contributed by atoms with Crippen molar-refractivity contribution in [2.24, 2.45) is 9.63 Å². The van der Waals surface area contributed by atoms with Crippen LogP contribution in [0.5, 0.6) is 0 Å². The Hall–Kier alpha value is -2.60. The smallest absolute Gasteiger partial charge is 0.198 e. The molecule has 0 fully saturated rings. The van der Waals surface area contributed by atoms with E-state index in [0.717, 1.165) is 17.4 Å². The van der Waals surface area contributed by atoms with E-state index in [4.69, 9.17) is 0 Å². The van der Waals surface area contributed by atoms with Crippen molar-refractivity contribution in [3.05, 3.63) is 66.9 Å². The highest BCUT2D eigenvalue weighted by Gasteiger charge is 2.14. The number of benzene rings is 2. The minimum atomic E-state index is -3.79. The topological polar surface area (TPSA) is 62.7 Å². The highest BCUT2D eigenvalue weighted by molar-refractivity contribution is 7.90. The molecule has 0 aliphatic rings. The zero-order valence-electron chi connectivity index (χ0n) is 12.6. The molecule has 1 aromatic heterocycles. The summed E-state index contributed by atoms with van der Waals surface area (Å²) in [5.41, 5.74) is 1.52. The van der Waals surface area contributed by atoms with Crippen LogP contribution in [0.2, 0.25) is 0 Å². The molecule has 0 unspecified atom stereocenters. The van der Waals surface area contributed by atoms with E-state index < -0.39 is 10.0 Å². The summed E-state index contributed by atoms with van der Waals surface area (Å²) < 4.78 is 30.1. The van der Waals surface area contributed by atoms with Crippen LogP contribution >= 0.6 is 0 Å². The normalized spacial score (nSPS) is 12.0. The maximum Gasteiger partial charge on any atom is 0.299 e. The Balaban J connectivity index is 2.06. The van der Waals surface area contributed by atoms with Gasteiger partial charge in [0.1, 0.15) is 12.2 Å². The predicted octanol–water partition coefficient (Wildman–Crippen LogP) is 3.62. The van der Waals surface area contributed by atoms with Crippen LogP contribution in [0.4, 0.5) is 5.69 Å². The second kappa shape index (κ2) is 6.26. The second-order valence-corrected chi connectivity index (χ2v) is 6.56. The van der Waals surface area contributed by atoms with Gasteiger partial charge in [-0.25, -0.2) is 0 Å². The number of nitrogens with zero attached hydrogens (tertiary/aromatic N) is 3. The first-order chi connectivity index (χ1) is 11.1. The molecule has 5 nitrogen and oxygen atoms in total. The molecular formula is C17H16N3O2S+. The van der Waals surface area contributed by atoms with Crippen molar-refractivity contribution in [1.82, 2.24) is 0 Å². The van der Waals surface area contributed by atoms with Crippen molar-refractivity contribution in [3.8, 4) is 0 Å². The van der Waals surface area contributed by atoms with Gasteiger partial charge in [0, 0.05) is 12.1 Å². The van der Waals surface area contributed by atoms with Crippen molar-refractivity contribution in [2.45, 2.75) is 18.4 Å². The summed E-state index contributed by atoms with van der Waals surface area (Å²) in [5, 5.41) is 4.85. The van der Waals surface area contributed by atoms with Gasteiger partial charge in [-0.05, 0) is 25.1 Å². The number of aromatic nitrogens is 1. The molecule has 0 aliphatic carbocycles. The molecule has 2 aromatic carbocycles. The summed E-state index contributed by atoms with van der Waals surface area (Å²) >= 11 is 0. The van der Waals surface area contributed by atoms with Crippen molar-refractivity contribution < 1.29 is 13.0 Å². The van der Waals surface area contributed by atoms with Gasteiger partial charge in [-0.15, -0.1) is 5.11 Å². The van der Waals surface area contributed by atoms with Crippen molar-refractivity contribution >= 4 is 26.6 Å². The van der Waals surface area contributed by atoms with Crippen LogP contribution in [-0.2, 0) is 16.6 Å². The molecule has 3 aromatic rings. The Morgan fingerprint density at radius 1 is 0.957 bits per heavy atom. The van der Waals surface area contributed by atoms with Gasteiger partial charge in [0.15, 0.2) is 6.20 Å². The summed E-state index contributed by atoms with van der Waals surface area (Å²) in [4.78, 5) is 0.132. The fraction of sp³-hybridized carbons (Fsp3) is 0.118. The highest BCUT2D eigenvalue weighted by atomic mass is 32.2. The number of hydrogen-bond donors (Lipinski definition) is 0. The van der Waals surface area contributed by atoms with Crippen LogP contribution in [0.1, 0.15) is 6.92 Å². The van der Waals surface area contributed by atoms with Gasteiger partial charge in [0.05, 0.1) is 10.3 Å². The van der Waals surface area contributed by atoms with Gasteiger partial charge in [0.2, 0.25) is 5.52 Å². The second-order valence-electron chi connectivity index (χ2n) is 4.97. The van der Waals surface area contributed by atoms with Crippen LogP contribution in [0.3, 0.4) is 0 Å². The minimum Gasteiger partial charge on any atom is -0.198 e. The summed E-state index contributed by atoms with van der Waals surface area (Å²) in [7, 11) is -3.79. The zero-order chi connectivity index (χ0) is 16.3. The van der Waals surface area contributed by atoms with Crippen LogP contribution in [0.25, 0.3) is 10.9 Å². The average Bonchev–Trinajstić information content (AvgIpc) is 2.60. The van der Waals surface area contributed by atoms with Gasteiger partial charge in [-0.1, -0.05) is 34.9 Å². The SMILES string of the molecule is CC[n+]1ccc(N=NS(=O)(=O)c2ccccc2)c2ccccc21. The monoisotopic (exact) mass is 326 g/mol. The lowest BCUT2D eigenvalue weighted by Crippen LogP contribution is -2.32. The maximum absolute atomic E-state index is 12.2. The first kappa shape index (κ1) is 15.3. The molecule has 0 bridgehead atoms. The first-order valence-electron chi connectivity index (χ1n) is 7.26.